The molecular formula is C12H18O3S. The molecule has 1 unspecified atom stereocenters. The van der Waals surface area contributed by atoms with Crippen molar-refractivity contribution in [3.05, 3.63) is 35.4 Å². The summed E-state index contributed by atoms with van der Waals surface area (Å²) in [4.78, 5) is 0. The number of hydrogen-bond donors (Lipinski definition) is 1. The third kappa shape index (κ3) is 2.83. The van der Waals surface area contributed by atoms with Crippen molar-refractivity contribution < 1.29 is 13.0 Å². The van der Waals surface area contributed by atoms with E-state index in [-0.39, 0.29) is 5.41 Å². The Morgan fingerprint density at radius 3 is 2.12 bits per heavy atom. The Hall–Kier alpha value is -0.870. The normalized spacial score (nSPS) is 14.8. The monoisotopic (exact) mass is 242 g/mol. The first-order chi connectivity index (χ1) is 7.14. The molecule has 1 aromatic rings. The van der Waals surface area contributed by atoms with Crippen LogP contribution < -0.4 is 0 Å². The van der Waals surface area contributed by atoms with Gasteiger partial charge in [0, 0.05) is 0 Å². The Labute approximate surface area is 97.2 Å². The van der Waals surface area contributed by atoms with Gasteiger partial charge in [0.1, 0.15) is 5.25 Å². The van der Waals surface area contributed by atoms with E-state index in [1.165, 1.54) is 6.92 Å². The standard InChI is InChI=1S/C12H18O3S/c1-9(16(13,14)15)10-7-5-6-8-11(10)12(2,3)4/h5-9H,1-4H3,(H,13,14,15). The fourth-order valence-electron chi connectivity index (χ4n) is 1.69. The predicted octanol–water partition coefficient (Wildman–Crippen LogP) is 2.93. The molecule has 0 fully saturated rings. The number of rotatable bonds is 2. The van der Waals surface area contributed by atoms with Gasteiger partial charge >= 0.3 is 0 Å². The van der Waals surface area contributed by atoms with E-state index in [0.717, 1.165) is 5.56 Å². The van der Waals surface area contributed by atoms with Crippen LogP contribution in [0.15, 0.2) is 24.3 Å². The first-order valence-corrected chi connectivity index (χ1v) is 6.70. The van der Waals surface area contributed by atoms with Gasteiger partial charge < -0.3 is 0 Å². The minimum Gasteiger partial charge on any atom is -0.285 e. The van der Waals surface area contributed by atoms with Crippen molar-refractivity contribution in [1.82, 2.24) is 0 Å². The molecular weight excluding hydrogens is 224 g/mol. The van der Waals surface area contributed by atoms with Crippen LogP contribution in [0.3, 0.4) is 0 Å². The summed E-state index contributed by atoms with van der Waals surface area (Å²) in [5, 5.41) is -0.886. The zero-order valence-corrected chi connectivity index (χ0v) is 10.9. The molecule has 0 aliphatic heterocycles. The minimum atomic E-state index is -4.04. The van der Waals surface area contributed by atoms with E-state index in [1.807, 2.05) is 32.9 Å². The molecule has 0 spiro atoms. The topological polar surface area (TPSA) is 54.4 Å². The van der Waals surface area contributed by atoms with Crippen LogP contribution >= 0.6 is 0 Å². The van der Waals surface area contributed by atoms with Crippen LogP contribution in [0.1, 0.15) is 44.1 Å². The van der Waals surface area contributed by atoms with Crippen LogP contribution in [-0.2, 0) is 15.5 Å². The lowest BCUT2D eigenvalue weighted by Crippen LogP contribution is -2.18. The fraction of sp³-hybridized carbons (Fsp3) is 0.500. The highest BCUT2D eigenvalue weighted by molar-refractivity contribution is 7.86. The molecule has 1 atom stereocenters. The highest BCUT2D eigenvalue weighted by atomic mass is 32.2. The van der Waals surface area contributed by atoms with Crippen molar-refractivity contribution in [3.63, 3.8) is 0 Å². The molecule has 0 saturated heterocycles. The molecule has 1 aromatic carbocycles. The van der Waals surface area contributed by atoms with E-state index in [9.17, 15) is 8.42 Å². The van der Waals surface area contributed by atoms with Crippen LogP contribution in [0.25, 0.3) is 0 Å². The second-order valence-corrected chi connectivity index (χ2v) is 6.73. The molecule has 16 heavy (non-hydrogen) atoms. The van der Waals surface area contributed by atoms with Crippen LogP contribution in [0.5, 0.6) is 0 Å². The van der Waals surface area contributed by atoms with Gasteiger partial charge in [-0.2, -0.15) is 8.42 Å². The van der Waals surface area contributed by atoms with Gasteiger partial charge in [0.25, 0.3) is 10.1 Å². The average molecular weight is 242 g/mol. The van der Waals surface area contributed by atoms with E-state index in [2.05, 4.69) is 0 Å². The summed E-state index contributed by atoms with van der Waals surface area (Å²) in [6.07, 6.45) is 0. The third-order valence-electron chi connectivity index (χ3n) is 2.65. The molecule has 0 bridgehead atoms. The maximum absolute atomic E-state index is 11.2. The highest BCUT2D eigenvalue weighted by Gasteiger charge is 2.26. The lowest BCUT2D eigenvalue weighted by atomic mass is 9.83. The molecule has 0 heterocycles. The van der Waals surface area contributed by atoms with Crippen molar-refractivity contribution in [3.8, 4) is 0 Å². The molecule has 4 heteroatoms. The van der Waals surface area contributed by atoms with Gasteiger partial charge in [-0.1, -0.05) is 45.0 Å². The summed E-state index contributed by atoms with van der Waals surface area (Å²) >= 11 is 0. The van der Waals surface area contributed by atoms with Gasteiger partial charge in [0.15, 0.2) is 0 Å². The fourth-order valence-corrected chi connectivity index (χ4v) is 2.22. The van der Waals surface area contributed by atoms with Crippen molar-refractivity contribution in [1.29, 1.82) is 0 Å². The van der Waals surface area contributed by atoms with Gasteiger partial charge in [-0.05, 0) is 23.5 Å². The summed E-state index contributed by atoms with van der Waals surface area (Å²) in [6, 6.07) is 7.31. The third-order valence-corrected chi connectivity index (χ3v) is 3.80. The molecule has 0 aromatic heterocycles. The van der Waals surface area contributed by atoms with E-state index >= 15 is 0 Å². The van der Waals surface area contributed by atoms with Crippen LogP contribution in [0.2, 0.25) is 0 Å². The van der Waals surface area contributed by atoms with E-state index in [1.54, 1.807) is 12.1 Å². The van der Waals surface area contributed by atoms with Gasteiger partial charge in [-0.3, -0.25) is 4.55 Å². The molecule has 0 radical (unpaired) electrons. The zero-order valence-electron chi connectivity index (χ0n) is 10.1. The number of hydrogen-bond acceptors (Lipinski definition) is 2. The lowest BCUT2D eigenvalue weighted by molar-refractivity contribution is 0.470. The quantitative estimate of drug-likeness (QED) is 0.811. The number of benzene rings is 1. The van der Waals surface area contributed by atoms with E-state index < -0.39 is 15.4 Å². The Morgan fingerprint density at radius 2 is 1.69 bits per heavy atom. The smallest absolute Gasteiger partial charge is 0.271 e. The lowest BCUT2D eigenvalue weighted by Gasteiger charge is -2.24. The maximum Gasteiger partial charge on any atom is 0.271 e. The summed E-state index contributed by atoms with van der Waals surface area (Å²) in [5.74, 6) is 0. The summed E-state index contributed by atoms with van der Waals surface area (Å²) < 4.78 is 31.4. The van der Waals surface area contributed by atoms with Crippen LogP contribution in [0, 0.1) is 0 Å². The Kier molecular flexibility index (Phi) is 3.45. The Balaban J connectivity index is 3.36. The van der Waals surface area contributed by atoms with Crippen molar-refractivity contribution in [2.75, 3.05) is 0 Å². The van der Waals surface area contributed by atoms with E-state index in [4.69, 9.17) is 4.55 Å². The second kappa shape index (κ2) is 4.18. The molecule has 0 aliphatic rings. The van der Waals surface area contributed by atoms with Gasteiger partial charge in [-0.15, -0.1) is 0 Å². The minimum absolute atomic E-state index is 0.143. The van der Waals surface area contributed by atoms with Gasteiger partial charge in [0.05, 0.1) is 0 Å². The highest BCUT2D eigenvalue weighted by Crippen LogP contribution is 2.32. The second-order valence-electron chi connectivity index (χ2n) is 4.99. The molecule has 0 amide bonds. The largest absolute Gasteiger partial charge is 0.285 e. The first-order valence-electron chi connectivity index (χ1n) is 5.19. The van der Waals surface area contributed by atoms with Crippen molar-refractivity contribution >= 4 is 10.1 Å². The SMILES string of the molecule is CC(c1ccccc1C(C)(C)C)S(=O)(=O)O. The summed E-state index contributed by atoms with van der Waals surface area (Å²) in [7, 11) is -4.04. The molecule has 1 rings (SSSR count). The van der Waals surface area contributed by atoms with Crippen molar-refractivity contribution in [2.45, 2.75) is 38.4 Å². The van der Waals surface area contributed by atoms with Crippen LogP contribution in [-0.4, -0.2) is 13.0 Å². The summed E-state index contributed by atoms with van der Waals surface area (Å²) in [5.41, 5.74) is 1.47. The maximum atomic E-state index is 11.2. The predicted molar refractivity (Wildman–Crippen MR) is 65.1 cm³/mol. The molecule has 90 valence electrons. The average Bonchev–Trinajstić information content (AvgIpc) is 2.14. The Bertz CT molecular complexity index is 469. The Morgan fingerprint density at radius 1 is 1.19 bits per heavy atom. The van der Waals surface area contributed by atoms with Gasteiger partial charge in [0.2, 0.25) is 0 Å². The molecule has 0 aliphatic carbocycles. The first kappa shape index (κ1) is 13.2. The van der Waals surface area contributed by atoms with E-state index in [0.29, 0.717) is 5.56 Å². The zero-order chi connectivity index (χ0) is 12.6. The molecule has 0 saturated carbocycles. The molecule has 1 N–H and O–H groups in total. The summed E-state index contributed by atoms with van der Waals surface area (Å²) in [6.45, 7) is 7.55. The molecule has 3 nitrogen and oxygen atoms in total. The van der Waals surface area contributed by atoms with Gasteiger partial charge in [-0.25, -0.2) is 0 Å². The van der Waals surface area contributed by atoms with Crippen molar-refractivity contribution in [2.24, 2.45) is 0 Å². The van der Waals surface area contributed by atoms with Crippen LogP contribution in [0.4, 0.5) is 0 Å².